The molecule has 0 radical (unpaired) electrons. The van der Waals surface area contributed by atoms with E-state index >= 15 is 0 Å². The first-order valence-corrected chi connectivity index (χ1v) is 11.6. The van der Waals surface area contributed by atoms with Gasteiger partial charge in [-0.15, -0.1) is 11.3 Å². The highest BCUT2D eigenvalue weighted by Crippen LogP contribution is 2.27. The number of fused-ring (bicyclic) bond motifs is 1. The highest BCUT2D eigenvalue weighted by Gasteiger charge is 2.19. The predicted molar refractivity (Wildman–Crippen MR) is 127 cm³/mol. The quantitative estimate of drug-likeness (QED) is 0.444. The fourth-order valence-corrected chi connectivity index (χ4v) is 4.61. The Kier molecular flexibility index (Phi) is 5.65. The molecule has 1 fully saturated rings. The Balaban J connectivity index is 1.33. The van der Waals surface area contributed by atoms with Crippen LogP contribution in [0, 0.1) is 0 Å². The van der Waals surface area contributed by atoms with Crippen LogP contribution in [0.2, 0.25) is 0 Å². The molecule has 1 aromatic carbocycles. The third-order valence-electron chi connectivity index (χ3n) is 5.79. The maximum atomic E-state index is 11.2. The molecular formula is C22H24N8O2S. The van der Waals surface area contributed by atoms with Crippen molar-refractivity contribution in [3.05, 3.63) is 47.2 Å². The maximum absolute atomic E-state index is 11.2. The molecule has 0 spiro atoms. The number of hydrogen-bond donors (Lipinski definition) is 2. The van der Waals surface area contributed by atoms with Crippen molar-refractivity contribution >= 4 is 40.1 Å². The SMILES string of the molecule is CC(C)N1CCN(c2ccc(Nc3ncc(-c4csc(C(=O)O)n4)n4ncnc34)cc2)CC1. The maximum Gasteiger partial charge on any atom is 0.365 e. The lowest BCUT2D eigenvalue weighted by Crippen LogP contribution is -2.48. The Labute approximate surface area is 194 Å². The van der Waals surface area contributed by atoms with Crippen molar-refractivity contribution < 1.29 is 9.90 Å². The van der Waals surface area contributed by atoms with Crippen LogP contribution < -0.4 is 10.2 Å². The average molecular weight is 465 g/mol. The molecule has 2 N–H and O–H groups in total. The number of rotatable bonds is 6. The summed E-state index contributed by atoms with van der Waals surface area (Å²) in [6, 6.07) is 8.89. The second-order valence-corrected chi connectivity index (χ2v) is 8.98. The van der Waals surface area contributed by atoms with Gasteiger partial charge >= 0.3 is 5.97 Å². The number of carbonyl (C=O) groups is 1. The minimum absolute atomic E-state index is 0.0196. The van der Waals surface area contributed by atoms with E-state index in [2.05, 4.69) is 61.1 Å². The molecule has 10 nitrogen and oxygen atoms in total. The Morgan fingerprint density at radius 1 is 1.12 bits per heavy atom. The second kappa shape index (κ2) is 8.75. The number of piperazine rings is 1. The number of aromatic carboxylic acids is 1. The largest absolute Gasteiger partial charge is 0.476 e. The monoisotopic (exact) mass is 464 g/mol. The van der Waals surface area contributed by atoms with Gasteiger partial charge in [0.15, 0.2) is 11.5 Å². The van der Waals surface area contributed by atoms with E-state index in [9.17, 15) is 4.79 Å². The molecule has 170 valence electrons. The normalized spacial score (nSPS) is 14.8. The molecule has 0 unspecified atom stereocenters. The number of aromatic nitrogens is 5. The van der Waals surface area contributed by atoms with E-state index in [0.717, 1.165) is 43.2 Å². The fraction of sp³-hybridized carbons (Fsp3) is 0.318. The Bertz CT molecular complexity index is 1280. The topological polar surface area (TPSA) is 112 Å². The number of hydrogen-bond acceptors (Lipinski definition) is 9. The third-order valence-corrected chi connectivity index (χ3v) is 6.62. The van der Waals surface area contributed by atoms with Gasteiger partial charge in [0.25, 0.3) is 0 Å². The molecule has 33 heavy (non-hydrogen) atoms. The van der Waals surface area contributed by atoms with Gasteiger partial charge in [-0.05, 0) is 38.1 Å². The van der Waals surface area contributed by atoms with Crippen molar-refractivity contribution in [3.8, 4) is 11.4 Å². The molecule has 1 aliphatic rings. The van der Waals surface area contributed by atoms with Crippen LogP contribution in [0.25, 0.3) is 17.0 Å². The molecule has 0 aliphatic carbocycles. The number of benzene rings is 1. The first kappa shape index (κ1) is 21.3. The van der Waals surface area contributed by atoms with Crippen molar-refractivity contribution in [2.45, 2.75) is 19.9 Å². The standard InChI is InChI=1S/C22H24N8O2S/c1-14(2)28-7-9-29(10-8-28)16-5-3-15(4-6-16)26-19-20-24-13-25-30(20)18(11-23-19)17-12-33-21(27-17)22(31)32/h3-6,11-14H,7-10H2,1-2H3,(H,23,26)(H,31,32). The zero-order valence-corrected chi connectivity index (χ0v) is 19.2. The average Bonchev–Trinajstić information content (AvgIpc) is 3.51. The molecule has 1 aliphatic heterocycles. The van der Waals surface area contributed by atoms with E-state index in [0.29, 0.717) is 28.9 Å². The van der Waals surface area contributed by atoms with Gasteiger partial charge in [0.05, 0.1) is 6.20 Å². The minimum atomic E-state index is -1.06. The van der Waals surface area contributed by atoms with Gasteiger partial charge in [-0.1, -0.05) is 0 Å². The molecule has 4 heterocycles. The van der Waals surface area contributed by atoms with Gasteiger partial charge in [-0.25, -0.2) is 24.3 Å². The molecular weight excluding hydrogens is 440 g/mol. The van der Waals surface area contributed by atoms with Crippen LogP contribution >= 0.6 is 11.3 Å². The van der Waals surface area contributed by atoms with Gasteiger partial charge in [0.1, 0.15) is 17.7 Å². The summed E-state index contributed by atoms with van der Waals surface area (Å²) in [7, 11) is 0. The highest BCUT2D eigenvalue weighted by molar-refractivity contribution is 7.11. The molecule has 0 amide bonds. The molecule has 0 saturated carbocycles. The number of thiazole rings is 1. The lowest BCUT2D eigenvalue weighted by atomic mass is 10.2. The highest BCUT2D eigenvalue weighted by atomic mass is 32.1. The van der Waals surface area contributed by atoms with Crippen LogP contribution in [-0.4, -0.2) is 72.8 Å². The molecule has 1 saturated heterocycles. The Hall–Kier alpha value is -3.57. The number of carboxylic acids is 1. The van der Waals surface area contributed by atoms with Gasteiger partial charge in [-0.2, -0.15) is 5.10 Å². The van der Waals surface area contributed by atoms with Crippen molar-refractivity contribution in [2.75, 3.05) is 36.4 Å². The Morgan fingerprint density at radius 2 is 1.88 bits per heavy atom. The number of nitrogens with one attached hydrogen (secondary N) is 1. The van der Waals surface area contributed by atoms with E-state index in [4.69, 9.17) is 5.11 Å². The number of nitrogens with zero attached hydrogens (tertiary/aromatic N) is 7. The summed E-state index contributed by atoms with van der Waals surface area (Å²) >= 11 is 1.06. The van der Waals surface area contributed by atoms with Crippen LogP contribution in [0.3, 0.4) is 0 Å². The van der Waals surface area contributed by atoms with Crippen molar-refractivity contribution in [3.63, 3.8) is 0 Å². The van der Waals surface area contributed by atoms with Crippen LogP contribution in [0.5, 0.6) is 0 Å². The number of carboxylic acid groups (broad SMARTS) is 1. The molecule has 0 atom stereocenters. The zero-order valence-electron chi connectivity index (χ0n) is 18.3. The van der Waals surface area contributed by atoms with Gasteiger partial charge < -0.3 is 15.3 Å². The predicted octanol–water partition coefficient (Wildman–Crippen LogP) is 3.22. The van der Waals surface area contributed by atoms with Crippen molar-refractivity contribution in [1.82, 2.24) is 29.5 Å². The van der Waals surface area contributed by atoms with Gasteiger partial charge in [-0.3, -0.25) is 4.90 Å². The molecule has 0 bridgehead atoms. The molecule has 11 heteroatoms. The lowest BCUT2D eigenvalue weighted by molar-refractivity contribution is 0.0696. The first-order valence-electron chi connectivity index (χ1n) is 10.7. The van der Waals surface area contributed by atoms with Crippen molar-refractivity contribution in [1.29, 1.82) is 0 Å². The van der Waals surface area contributed by atoms with Crippen LogP contribution in [0.15, 0.2) is 42.2 Å². The van der Waals surface area contributed by atoms with Crippen molar-refractivity contribution in [2.24, 2.45) is 0 Å². The van der Waals surface area contributed by atoms with E-state index in [1.54, 1.807) is 16.1 Å². The first-order chi connectivity index (χ1) is 16.0. The summed E-state index contributed by atoms with van der Waals surface area (Å²) < 4.78 is 1.61. The second-order valence-electron chi connectivity index (χ2n) is 8.12. The summed E-state index contributed by atoms with van der Waals surface area (Å²) in [6.07, 6.45) is 3.06. The lowest BCUT2D eigenvalue weighted by Gasteiger charge is -2.38. The summed E-state index contributed by atoms with van der Waals surface area (Å²) in [6.45, 7) is 8.68. The van der Waals surface area contributed by atoms with E-state index in [1.807, 2.05) is 12.1 Å². The van der Waals surface area contributed by atoms with E-state index in [1.165, 1.54) is 12.0 Å². The van der Waals surface area contributed by atoms with Crippen LogP contribution in [-0.2, 0) is 0 Å². The van der Waals surface area contributed by atoms with E-state index < -0.39 is 5.97 Å². The summed E-state index contributed by atoms with van der Waals surface area (Å²) in [5.74, 6) is -0.499. The minimum Gasteiger partial charge on any atom is -0.476 e. The third kappa shape index (κ3) is 4.24. The molecule has 4 aromatic rings. The van der Waals surface area contributed by atoms with Crippen LogP contribution in [0.4, 0.5) is 17.2 Å². The smallest absolute Gasteiger partial charge is 0.365 e. The van der Waals surface area contributed by atoms with Gasteiger partial charge in [0.2, 0.25) is 5.01 Å². The summed E-state index contributed by atoms with van der Waals surface area (Å²) in [5.41, 5.74) is 3.71. The Morgan fingerprint density at radius 3 is 2.55 bits per heavy atom. The summed E-state index contributed by atoms with van der Waals surface area (Å²) in [4.78, 5) is 29.1. The van der Waals surface area contributed by atoms with Gasteiger partial charge in [0, 0.05) is 49.0 Å². The molecule has 3 aromatic heterocycles. The zero-order chi connectivity index (χ0) is 22.9. The number of anilines is 3. The molecule has 5 rings (SSSR count). The summed E-state index contributed by atoms with van der Waals surface area (Å²) in [5, 5.41) is 18.4. The fourth-order valence-electron chi connectivity index (χ4n) is 3.96. The van der Waals surface area contributed by atoms with E-state index in [-0.39, 0.29) is 5.01 Å². The van der Waals surface area contributed by atoms with Crippen LogP contribution in [0.1, 0.15) is 23.6 Å².